The van der Waals surface area contributed by atoms with Crippen molar-refractivity contribution in [2.75, 3.05) is 12.9 Å². The van der Waals surface area contributed by atoms with Crippen molar-refractivity contribution < 1.29 is 19.1 Å². The Morgan fingerprint density at radius 2 is 2.05 bits per heavy atom. The van der Waals surface area contributed by atoms with Crippen LogP contribution < -0.4 is 5.32 Å². The van der Waals surface area contributed by atoms with Crippen LogP contribution in [0.25, 0.3) is 0 Å². The number of methoxy groups -OCH3 is 1. The minimum atomic E-state index is -0.699. The molecule has 7 heteroatoms. The number of esters is 1. The first-order chi connectivity index (χ1) is 9.24. The summed E-state index contributed by atoms with van der Waals surface area (Å²) in [7, 11) is 1.29. The molecule has 0 radical (unpaired) electrons. The quantitative estimate of drug-likeness (QED) is 0.595. The monoisotopic (exact) mass is 302 g/mol. The maximum atomic E-state index is 12.3. The molecule has 1 aliphatic heterocycles. The minimum absolute atomic E-state index is 0.0850. The van der Waals surface area contributed by atoms with E-state index in [0.29, 0.717) is 12.2 Å². The van der Waals surface area contributed by atoms with Gasteiger partial charge in [0.1, 0.15) is 12.1 Å². The highest BCUT2D eigenvalue weighted by Gasteiger charge is 2.43. The zero-order valence-corrected chi connectivity index (χ0v) is 13.3. The van der Waals surface area contributed by atoms with Gasteiger partial charge in [-0.25, -0.2) is 4.79 Å². The molecule has 0 spiro atoms. The van der Waals surface area contributed by atoms with E-state index >= 15 is 0 Å². The predicted octanol–water partition coefficient (Wildman–Crippen LogP) is 0.610. The van der Waals surface area contributed by atoms with Gasteiger partial charge in [-0.15, -0.1) is 11.8 Å². The van der Waals surface area contributed by atoms with Crippen molar-refractivity contribution in [3.8, 4) is 0 Å². The zero-order chi connectivity index (χ0) is 15.5. The third kappa shape index (κ3) is 3.45. The van der Waals surface area contributed by atoms with Gasteiger partial charge in [0, 0.05) is 5.75 Å². The summed E-state index contributed by atoms with van der Waals surface area (Å²) in [6.45, 7) is 7.43. The first kappa shape index (κ1) is 16.8. The molecule has 1 fully saturated rings. The average molecular weight is 302 g/mol. The molecule has 1 unspecified atom stereocenters. The fourth-order valence-corrected chi connectivity index (χ4v) is 3.29. The van der Waals surface area contributed by atoms with E-state index in [0.717, 1.165) is 0 Å². The maximum absolute atomic E-state index is 12.3. The van der Waals surface area contributed by atoms with Crippen LogP contribution in [0.4, 0.5) is 0 Å². The second-order valence-electron chi connectivity index (χ2n) is 5.54. The zero-order valence-electron chi connectivity index (χ0n) is 12.5. The van der Waals surface area contributed by atoms with E-state index in [1.54, 1.807) is 0 Å². The summed E-state index contributed by atoms with van der Waals surface area (Å²) in [5, 5.41) is 2.68. The topological polar surface area (TPSA) is 75.7 Å². The SMILES string of the molecule is COC(=O)[C@@H](NC(=O)C1CSC(C)(C)N1C=O)C(C)C. The molecule has 0 saturated carbocycles. The molecule has 20 heavy (non-hydrogen) atoms. The number of thioether (sulfide) groups is 1. The van der Waals surface area contributed by atoms with E-state index in [9.17, 15) is 14.4 Å². The van der Waals surface area contributed by atoms with Crippen LogP contribution in [0, 0.1) is 5.92 Å². The number of carbonyl (C=O) groups excluding carboxylic acids is 3. The minimum Gasteiger partial charge on any atom is -0.467 e. The van der Waals surface area contributed by atoms with E-state index in [1.165, 1.54) is 23.8 Å². The number of hydrogen-bond donors (Lipinski definition) is 1. The molecular weight excluding hydrogens is 280 g/mol. The third-order valence-corrected chi connectivity index (χ3v) is 4.79. The second-order valence-corrected chi connectivity index (χ2v) is 7.16. The Kier molecular flexibility index (Phi) is 5.44. The fraction of sp³-hybridized carbons (Fsp3) is 0.769. The second kappa shape index (κ2) is 6.47. The summed E-state index contributed by atoms with van der Waals surface area (Å²) >= 11 is 1.54. The van der Waals surface area contributed by atoms with Crippen molar-refractivity contribution in [3.63, 3.8) is 0 Å². The van der Waals surface area contributed by atoms with Gasteiger partial charge in [0.2, 0.25) is 12.3 Å². The highest BCUT2D eigenvalue weighted by atomic mass is 32.2. The van der Waals surface area contributed by atoms with Gasteiger partial charge < -0.3 is 15.0 Å². The summed E-state index contributed by atoms with van der Waals surface area (Å²) in [6.07, 6.45) is 0.687. The van der Waals surface area contributed by atoms with Crippen molar-refractivity contribution in [2.45, 2.75) is 44.6 Å². The Morgan fingerprint density at radius 3 is 2.50 bits per heavy atom. The van der Waals surface area contributed by atoms with E-state index in [1.807, 2.05) is 27.7 Å². The van der Waals surface area contributed by atoms with Gasteiger partial charge in [-0.3, -0.25) is 9.59 Å². The van der Waals surface area contributed by atoms with Gasteiger partial charge in [-0.05, 0) is 19.8 Å². The summed E-state index contributed by atoms with van der Waals surface area (Å²) in [5.41, 5.74) is 0. The summed E-state index contributed by atoms with van der Waals surface area (Å²) in [4.78, 5) is 36.2. The average Bonchev–Trinajstić information content (AvgIpc) is 2.69. The molecule has 1 rings (SSSR count). The van der Waals surface area contributed by atoms with Gasteiger partial charge in [-0.1, -0.05) is 13.8 Å². The number of rotatable bonds is 5. The van der Waals surface area contributed by atoms with E-state index < -0.39 is 22.9 Å². The largest absolute Gasteiger partial charge is 0.467 e. The standard InChI is InChI=1S/C13H22N2O4S/c1-8(2)10(12(18)19-5)14-11(17)9-6-20-13(3,4)15(9)7-16/h7-10H,6H2,1-5H3,(H,14,17)/t9?,10-/m0/s1. The molecule has 2 atom stereocenters. The first-order valence-corrected chi connectivity index (χ1v) is 7.49. The van der Waals surface area contributed by atoms with Crippen LogP contribution in [0.15, 0.2) is 0 Å². The predicted molar refractivity (Wildman–Crippen MR) is 77.0 cm³/mol. The van der Waals surface area contributed by atoms with Crippen LogP contribution in [0.2, 0.25) is 0 Å². The molecule has 114 valence electrons. The van der Waals surface area contributed by atoms with Crippen LogP contribution >= 0.6 is 11.8 Å². The van der Waals surface area contributed by atoms with Crippen LogP contribution in [0.3, 0.4) is 0 Å². The Labute approximate surface area is 123 Å². The molecule has 1 saturated heterocycles. The molecule has 2 amide bonds. The lowest BCUT2D eigenvalue weighted by Gasteiger charge is -2.31. The van der Waals surface area contributed by atoms with Crippen LogP contribution in [0.1, 0.15) is 27.7 Å². The molecule has 1 N–H and O–H groups in total. The number of nitrogens with zero attached hydrogens (tertiary/aromatic N) is 1. The van der Waals surface area contributed by atoms with Crippen molar-refractivity contribution >= 4 is 30.0 Å². The molecule has 6 nitrogen and oxygen atoms in total. The number of hydrogen-bond acceptors (Lipinski definition) is 5. The fourth-order valence-electron chi connectivity index (χ4n) is 2.09. The van der Waals surface area contributed by atoms with Crippen molar-refractivity contribution in [2.24, 2.45) is 5.92 Å². The summed E-state index contributed by atoms with van der Waals surface area (Å²) in [5.74, 6) is -0.364. The molecule has 0 bridgehead atoms. The maximum Gasteiger partial charge on any atom is 0.328 e. The lowest BCUT2D eigenvalue weighted by atomic mass is 10.0. The van der Waals surface area contributed by atoms with Crippen LogP contribution in [-0.2, 0) is 19.1 Å². The van der Waals surface area contributed by atoms with Crippen molar-refractivity contribution in [3.05, 3.63) is 0 Å². The number of nitrogens with one attached hydrogen (secondary N) is 1. The molecular formula is C13H22N2O4S. The Bertz CT molecular complexity index is 398. The Morgan fingerprint density at radius 1 is 1.45 bits per heavy atom. The number of amides is 2. The Hall–Kier alpha value is -1.24. The van der Waals surface area contributed by atoms with Crippen LogP contribution in [-0.4, -0.2) is 53.0 Å². The summed E-state index contributed by atoms with van der Waals surface area (Å²) < 4.78 is 4.69. The van der Waals surface area contributed by atoms with Gasteiger partial charge in [-0.2, -0.15) is 0 Å². The molecule has 1 aliphatic rings. The molecule has 0 aliphatic carbocycles. The third-order valence-electron chi connectivity index (χ3n) is 3.39. The summed E-state index contributed by atoms with van der Waals surface area (Å²) in [6, 6.07) is -1.26. The first-order valence-electron chi connectivity index (χ1n) is 6.50. The van der Waals surface area contributed by atoms with Crippen molar-refractivity contribution in [1.82, 2.24) is 10.2 Å². The van der Waals surface area contributed by atoms with E-state index in [4.69, 9.17) is 0 Å². The number of carbonyl (C=O) groups is 3. The smallest absolute Gasteiger partial charge is 0.328 e. The number of ether oxygens (including phenoxy) is 1. The van der Waals surface area contributed by atoms with Crippen LogP contribution in [0.5, 0.6) is 0 Å². The highest BCUT2D eigenvalue weighted by Crippen LogP contribution is 2.37. The van der Waals surface area contributed by atoms with Gasteiger partial charge in [0.05, 0.1) is 12.0 Å². The molecule has 1 heterocycles. The normalized spacial score (nSPS) is 22.5. The van der Waals surface area contributed by atoms with Crippen molar-refractivity contribution in [1.29, 1.82) is 0 Å². The van der Waals surface area contributed by atoms with E-state index in [2.05, 4.69) is 10.1 Å². The molecule has 0 aromatic heterocycles. The van der Waals surface area contributed by atoms with Gasteiger partial charge in [0.15, 0.2) is 0 Å². The Balaban J connectivity index is 2.80. The lowest BCUT2D eigenvalue weighted by Crippen LogP contribution is -2.54. The highest BCUT2D eigenvalue weighted by molar-refractivity contribution is 8.00. The van der Waals surface area contributed by atoms with Gasteiger partial charge >= 0.3 is 5.97 Å². The molecule has 0 aromatic rings. The van der Waals surface area contributed by atoms with Gasteiger partial charge in [0.25, 0.3) is 0 Å². The molecule has 0 aromatic carbocycles. The van der Waals surface area contributed by atoms with E-state index in [-0.39, 0.29) is 11.8 Å². The lowest BCUT2D eigenvalue weighted by molar-refractivity contribution is -0.147.